The second-order valence-corrected chi connectivity index (χ2v) is 26.9. The first-order valence-electron chi connectivity index (χ1n) is 19.3. The zero-order chi connectivity index (χ0) is 51.1. The van der Waals surface area contributed by atoms with Crippen molar-refractivity contribution in [1.29, 1.82) is 0 Å². The molecule has 0 spiro atoms. The van der Waals surface area contributed by atoms with E-state index in [2.05, 4.69) is 117 Å². The molecule has 0 N–H and O–H groups in total. The van der Waals surface area contributed by atoms with Crippen LogP contribution in [0, 0.1) is 0 Å². The van der Waals surface area contributed by atoms with Gasteiger partial charge in [-0.1, -0.05) is 129 Å². The van der Waals surface area contributed by atoms with E-state index in [1.165, 1.54) is 93.0 Å². The summed E-state index contributed by atoms with van der Waals surface area (Å²) in [6, 6.07) is 37.0. The summed E-state index contributed by atoms with van der Waals surface area (Å²) in [7, 11) is 19.2. The van der Waals surface area contributed by atoms with Gasteiger partial charge in [0.25, 0.3) is 0 Å². The van der Waals surface area contributed by atoms with E-state index < -0.39 is 76.5 Å². The van der Waals surface area contributed by atoms with E-state index >= 15 is 0 Å². The minimum Gasteiger partial charge on any atom is -0.286 e. The number of halogens is 6. The van der Waals surface area contributed by atoms with Crippen molar-refractivity contribution in [3.63, 3.8) is 0 Å². The average molecular weight is 1360 g/mol. The van der Waals surface area contributed by atoms with Crippen LogP contribution >= 0.6 is 73.7 Å². The molecule has 0 amide bonds. The van der Waals surface area contributed by atoms with Crippen molar-refractivity contribution < 1.29 is 76.4 Å². The summed E-state index contributed by atoms with van der Waals surface area (Å²) in [4.78, 5) is 97.8. The Morgan fingerprint density at radius 2 is 0.592 bits per heavy atom. The first-order valence-corrected chi connectivity index (χ1v) is 31.6. The van der Waals surface area contributed by atoms with E-state index in [0.29, 0.717) is 31.2 Å². The zero-order valence-electron chi connectivity index (χ0n) is 35.5. The predicted molar refractivity (Wildman–Crippen MR) is 274 cm³/mol. The van der Waals surface area contributed by atoms with E-state index in [-0.39, 0.29) is 72.6 Å². The van der Waals surface area contributed by atoms with Gasteiger partial charge in [0.2, 0.25) is 43.4 Å². The molecule has 350 valence electrons. The van der Waals surface area contributed by atoms with Gasteiger partial charge in [0.05, 0.1) is 0 Å². The molecule has 4 aliphatic carbocycles. The van der Waals surface area contributed by atoms with Gasteiger partial charge in [-0.2, -0.15) is 0 Å². The van der Waals surface area contributed by atoms with E-state index in [1.54, 1.807) is 0 Å². The Morgan fingerprint density at radius 3 is 0.803 bits per heavy atom. The molecule has 0 atom stereocenters. The molecular formula is C48H21BBr2Cl3INNaO12RuS. The Kier molecular flexibility index (Phi) is 18.6. The molecule has 0 fully saturated rings. The van der Waals surface area contributed by atoms with Gasteiger partial charge in [-0.05, 0) is 56.6 Å². The molecule has 0 heterocycles. The number of hydrogen-bond acceptors (Lipinski definition) is 14. The van der Waals surface area contributed by atoms with E-state index in [4.69, 9.17) is 42.8 Å². The van der Waals surface area contributed by atoms with Crippen LogP contribution in [0.4, 0.5) is 0 Å². The van der Waals surface area contributed by atoms with E-state index in [9.17, 15) is 38.4 Å². The van der Waals surface area contributed by atoms with Crippen molar-refractivity contribution in [3.8, 4) is 22.3 Å². The molecule has 8 aromatic carbocycles. The largest absolute Gasteiger partial charge is 1.00 e. The van der Waals surface area contributed by atoms with E-state index in [1.807, 2.05) is 0 Å². The molecule has 0 bridgehead atoms. The minimum absolute atomic E-state index is 0. The monoisotopic (exact) mass is 1360 g/mol. The standard InChI is InChI=1S/C16H4Br2O4.C16H6O4.C16H10.BHNS.3ClH.IO4.Na.Ru/c17-5-1-7-11-8(2-5)15(21)16(22)10-4-6(18)3-9(12(10)11)14(20)13(7)19;17-13-7-3-1-4-8-11(7)12-9(15(13)19)5-2-6-10(12)16(20)14(8)18;1-3-11-7-9-13-5-2-6-14-10-8-12(4-1)15(11)16(13)14;1-2-3;;;;2-1(3,4)5;;/h1-4H;1-6H;1-10H;3H;3*1H;;;/q;;;;;;;-1;+1;+3/p-3. The van der Waals surface area contributed by atoms with E-state index in [0.717, 1.165) is 0 Å². The average Bonchev–Trinajstić information content (AvgIpc) is 3.31. The molecule has 0 saturated heterocycles. The van der Waals surface area contributed by atoms with Crippen LogP contribution in [-0.4, -0.2) is 7.64 Å². The predicted octanol–water partition coefficient (Wildman–Crippen LogP) is -0.686. The summed E-state index contributed by atoms with van der Waals surface area (Å²) >= 11 is 1.93. The number of rotatable bonds is 0. The van der Waals surface area contributed by atoms with Gasteiger partial charge in [-0.15, -0.1) is 0 Å². The maximum absolute atomic E-state index is 12.3. The van der Waals surface area contributed by atoms with Crippen LogP contribution in [0.2, 0.25) is 0 Å². The SMILES string of the molecule is O=c1c(=O)c2cc(Br)cc3c2-c2c1cc(Br)cc2c(=O)c3=O.O=c1c(=O)c2cccc3c2-c2c1cccc2c(=O)c3=O.[B]=NS.[Cl][Ru]([Cl])[Cl].[Na+].[O-][I+3]([O-])([O-])[O-].c1cc2ccc3cccc4ccc(c1)c2c34. The first kappa shape index (κ1) is 56.7. The number of nitrogens with zero attached hydrogens (tertiary/aromatic N) is 1. The van der Waals surface area contributed by atoms with Crippen molar-refractivity contribution in [2.45, 2.75) is 0 Å². The molecule has 23 heteroatoms. The molecule has 8 aromatic rings. The fourth-order valence-electron chi connectivity index (χ4n) is 8.52. The quantitative estimate of drug-likeness (QED) is 0.0653. The summed E-state index contributed by atoms with van der Waals surface area (Å²) in [6.45, 7) is 0. The molecule has 71 heavy (non-hydrogen) atoms. The summed E-state index contributed by atoms with van der Waals surface area (Å²) in [6.07, 6.45) is 0. The molecule has 0 aromatic heterocycles. The van der Waals surface area contributed by atoms with Crippen LogP contribution in [0.15, 0.2) is 173 Å². The summed E-state index contributed by atoms with van der Waals surface area (Å²) < 4.78 is 38.1. The third-order valence-corrected chi connectivity index (χ3v) is 11.9. The maximum Gasteiger partial charge on any atom is 1.00 e. The Morgan fingerprint density at radius 1 is 0.423 bits per heavy atom. The second kappa shape index (κ2) is 23.3. The number of benzene rings is 12. The molecule has 0 saturated carbocycles. The molecule has 0 unspecified atom stereocenters. The van der Waals surface area contributed by atoms with Crippen LogP contribution in [0.3, 0.4) is 0 Å². The van der Waals surface area contributed by atoms with Crippen molar-refractivity contribution in [1.82, 2.24) is 0 Å². The van der Waals surface area contributed by atoms with Crippen molar-refractivity contribution >= 4 is 157 Å². The molecule has 0 aliphatic heterocycles. The van der Waals surface area contributed by atoms with Crippen molar-refractivity contribution in [3.05, 3.63) is 212 Å². The van der Waals surface area contributed by atoms with Gasteiger partial charge >= 0.3 is 96.4 Å². The van der Waals surface area contributed by atoms with Crippen molar-refractivity contribution in [2.24, 2.45) is 4.30 Å². The van der Waals surface area contributed by atoms with Crippen LogP contribution < -0.4 is 107 Å². The second-order valence-electron chi connectivity index (χ2n) is 14.8. The maximum atomic E-state index is 12.3. The summed E-state index contributed by atoms with van der Waals surface area (Å²) in [5.74, 6) is 0. The van der Waals surface area contributed by atoms with Gasteiger partial charge in [0, 0.05) is 74.3 Å². The Bertz CT molecular complexity index is 3840. The van der Waals surface area contributed by atoms with Crippen molar-refractivity contribution in [2.75, 3.05) is 0 Å². The zero-order valence-corrected chi connectivity index (χ0v) is 47.8. The number of thiol groups is 1. The van der Waals surface area contributed by atoms with Gasteiger partial charge in [-0.25, -0.2) is 0 Å². The summed E-state index contributed by atoms with van der Waals surface area (Å²) in [5, 5.41) is 9.58. The summed E-state index contributed by atoms with van der Waals surface area (Å²) in [5.41, 5.74) is -3.59. The normalized spacial score (nSPS) is 11.3. The smallest absolute Gasteiger partial charge is 0.286 e. The van der Waals surface area contributed by atoms with Crippen LogP contribution in [-0.2, 0) is 13.0 Å². The van der Waals surface area contributed by atoms with Gasteiger partial charge in [-0.3, -0.25) is 52.1 Å². The third-order valence-electron chi connectivity index (χ3n) is 11.0. The number of hydrogen-bond donors (Lipinski definition) is 1. The Balaban J connectivity index is 0.000000156. The topological polar surface area (TPSA) is 241 Å². The van der Waals surface area contributed by atoms with Crippen LogP contribution in [0.25, 0.3) is 97.7 Å². The molecule has 12 rings (SSSR count). The molecule has 1 radical (unpaired) electrons. The Labute approximate surface area is 466 Å². The minimum atomic E-state index is -5.94. The molecular weight excluding hydrogens is 1340 g/mol. The molecule has 13 nitrogen and oxygen atoms in total. The van der Waals surface area contributed by atoms with Crippen LogP contribution in [0.5, 0.6) is 0 Å². The fraction of sp³-hybridized carbons (Fsp3) is 0. The Hall–Kier alpha value is -3.60. The fourth-order valence-corrected chi connectivity index (χ4v) is 9.43. The van der Waals surface area contributed by atoms with Gasteiger partial charge in [0.15, 0.2) is 0 Å². The molecule has 4 aliphatic rings. The van der Waals surface area contributed by atoms with Gasteiger partial charge in [0.1, 0.15) is 20.1 Å². The van der Waals surface area contributed by atoms with Gasteiger partial charge < -0.3 is 0 Å². The first-order chi connectivity index (χ1) is 33.1. The van der Waals surface area contributed by atoms with Crippen LogP contribution in [0.1, 0.15) is 0 Å². The third kappa shape index (κ3) is 11.6.